The molecule has 0 aliphatic heterocycles. The van der Waals surface area contributed by atoms with Crippen molar-refractivity contribution >= 4 is 27.5 Å². The van der Waals surface area contributed by atoms with Crippen molar-refractivity contribution in [3.63, 3.8) is 0 Å². The van der Waals surface area contributed by atoms with Crippen molar-refractivity contribution in [3.8, 4) is 0 Å². The van der Waals surface area contributed by atoms with Crippen molar-refractivity contribution in [1.82, 2.24) is 0 Å². The quantitative estimate of drug-likeness (QED) is 0.816. The summed E-state index contributed by atoms with van der Waals surface area (Å²) in [6, 6.07) is 10.3. The van der Waals surface area contributed by atoms with Gasteiger partial charge in [-0.05, 0) is 33.1 Å². The first-order valence-corrected chi connectivity index (χ1v) is 7.11. The summed E-state index contributed by atoms with van der Waals surface area (Å²) < 4.78 is 19.7. The van der Waals surface area contributed by atoms with Gasteiger partial charge in [-0.3, -0.25) is 0 Å². The molecule has 20 heavy (non-hydrogen) atoms. The smallest absolute Gasteiger partial charge is 0.149 e. The van der Waals surface area contributed by atoms with Crippen molar-refractivity contribution in [2.45, 2.75) is 12.7 Å². The van der Waals surface area contributed by atoms with Crippen molar-refractivity contribution in [2.75, 3.05) is 7.11 Å². The molecule has 0 saturated heterocycles. The Morgan fingerprint density at radius 1 is 1.25 bits per heavy atom. The zero-order chi connectivity index (χ0) is 14.7. The summed E-state index contributed by atoms with van der Waals surface area (Å²) in [4.78, 5) is 0. The average Bonchev–Trinajstić information content (AvgIpc) is 2.45. The van der Waals surface area contributed by atoms with Gasteiger partial charge in [0, 0.05) is 17.1 Å². The van der Waals surface area contributed by atoms with E-state index in [0.29, 0.717) is 16.6 Å². The molecular weight excluding hydrogens is 347 g/mol. The second kappa shape index (κ2) is 6.68. The van der Waals surface area contributed by atoms with Crippen molar-refractivity contribution < 1.29 is 14.2 Å². The second-order valence-electron chi connectivity index (χ2n) is 4.30. The van der Waals surface area contributed by atoms with Crippen LogP contribution in [-0.2, 0) is 11.3 Å². The monoisotopic (exact) mass is 358 g/mol. The molecule has 2 aromatic carbocycles. The first kappa shape index (κ1) is 15.4. The van der Waals surface area contributed by atoms with Gasteiger partial charge < -0.3 is 9.84 Å². The van der Waals surface area contributed by atoms with Crippen LogP contribution in [0.5, 0.6) is 0 Å². The first-order valence-electron chi connectivity index (χ1n) is 5.94. The zero-order valence-corrected chi connectivity index (χ0v) is 13.1. The summed E-state index contributed by atoms with van der Waals surface area (Å²) >= 11 is 9.01. The predicted octanol–water partition coefficient (Wildman–Crippen LogP) is 4.47. The molecule has 0 aromatic heterocycles. The van der Waals surface area contributed by atoms with Gasteiger partial charge in [0.2, 0.25) is 0 Å². The van der Waals surface area contributed by atoms with Crippen molar-refractivity contribution in [3.05, 3.63) is 68.4 Å². The van der Waals surface area contributed by atoms with Gasteiger partial charge in [0.15, 0.2) is 0 Å². The molecule has 1 N–H and O–H groups in total. The lowest BCUT2D eigenvalue weighted by Crippen LogP contribution is -2.07. The Bertz CT molecular complexity index is 619. The van der Waals surface area contributed by atoms with Gasteiger partial charge in [-0.1, -0.05) is 41.9 Å². The van der Waals surface area contributed by atoms with Crippen LogP contribution in [0, 0.1) is 5.82 Å². The number of rotatable bonds is 4. The Kier molecular flexibility index (Phi) is 5.16. The topological polar surface area (TPSA) is 29.5 Å². The van der Waals surface area contributed by atoms with Gasteiger partial charge >= 0.3 is 0 Å². The number of benzene rings is 2. The van der Waals surface area contributed by atoms with Crippen molar-refractivity contribution in [1.29, 1.82) is 0 Å². The van der Waals surface area contributed by atoms with Crippen LogP contribution in [0.1, 0.15) is 22.8 Å². The minimum absolute atomic E-state index is 0.0363. The highest BCUT2D eigenvalue weighted by Crippen LogP contribution is 2.33. The molecule has 106 valence electrons. The Labute approximate surface area is 130 Å². The molecule has 0 bridgehead atoms. The molecule has 2 aromatic rings. The van der Waals surface area contributed by atoms with E-state index in [1.54, 1.807) is 25.3 Å². The number of hydrogen-bond acceptors (Lipinski definition) is 2. The lowest BCUT2D eigenvalue weighted by Gasteiger charge is -2.17. The van der Waals surface area contributed by atoms with Crippen LogP contribution in [0.4, 0.5) is 4.39 Å². The third kappa shape index (κ3) is 3.04. The van der Waals surface area contributed by atoms with Gasteiger partial charge in [0.05, 0.1) is 11.6 Å². The van der Waals surface area contributed by atoms with Gasteiger partial charge in [-0.15, -0.1) is 0 Å². The number of methoxy groups -OCH3 is 1. The van der Waals surface area contributed by atoms with E-state index in [1.807, 2.05) is 12.1 Å². The average molecular weight is 360 g/mol. The van der Waals surface area contributed by atoms with Gasteiger partial charge in [0.25, 0.3) is 0 Å². The largest absolute Gasteiger partial charge is 0.384 e. The maximum atomic E-state index is 14.2. The molecule has 0 spiro atoms. The summed E-state index contributed by atoms with van der Waals surface area (Å²) in [5.41, 5.74) is 1.55. The Morgan fingerprint density at radius 3 is 2.65 bits per heavy atom. The molecule has 0 saturated carbocycles. The van der Waals surface area contributed by atoms with E-state index in [-0.39, 0.29) is 10.6 Å². The maximum absolute atomic E-state index is 14.2. The molecule has 2 rings (SSSR count). The summed E-state index contributed by atoms with van der Waals surface area (Å²) in [5, 5.41) is 10.4. The first-order chi connectivity index (χ1) is 9.56. The molecule has 5 heteroatoms. The molecule has 0 heterocycles. The van der Waals surface area contributed by atoms with Crippen LogP contribution in [0.15, 0.2) is 40.9 Å². The fourth-order valence-electron chi connectivity index (χ4n) is 2.01. The van der Waals surface area contributed by atoms with Gasteiger partial charge in [0.1, 0.15) is 11.9 Å². The minimum atomic E-state index is -1.09. The summed E-state index contributed by atoms with van der Waals surface area (Å²) in [7, 11) is 1.57. The lowest BCUT2D eigenvalue weighted by atomic mass is 9.97. The number of ether oxygens (including phenoxy) is 1. The van der Waals surface area contributed by atoms with Crippen LogP contribution in [0.25, 0.3) is 0 Å². The zero-order valence-electron chi connectivity index (χ0n) is 10.7. The molecule has 0 radical (unpaired) electrons. The van der Waals surface area contributed by atoms with Crippen LogP contribution in [0.2, 0.25) is 5.02 Å². The van der Waals surface area contributed by atoms with E-state index in [2.05, 4.69) is 15.9 Å². The van der Waals surface area contributed by atoms with E-state index in [4.69, 9.17) is 16.3 Å². The summed E-state index contributed by atoms with van der Waals surface area (Å²) in [6.07, 6.45) is -1.09. The van der Waals surface area contributed by atoms with Crippen LogP contribution >= 0.6 is 27.5 Å². The SMILES string of the molecule is COCc1ccccc1C(O)c1ccc(Br)c(Cl)c1F. The van der Waals surface area contributed by atoms with Crippen LogP contribution in [0.3, 0.4) is 0 Å². The van der Waals surface area contributed by atoms with Gasteiger partial charge in [-0.25, -0.2) is 4.39 Å². The van der Waals surface area contributed by atoms with E-state index >= 15 is 0 Å². The third-order valence-corrected chi connectivity index (χ3v) is 4.27. The summed E-state index contributed by atoms with van der Waals surface area (Å²) in [5.74, 6) is -0.624. The maximum Gasteiger partial charge on any atom is 0.149 e. The van der Waals surface area contributed by atoms with E-state index in [1.165, 1.54) is 6.07 Å². The Hall–Kier alpha value is -0.940. The summed E-state index contributed by atoms with van der Waals surface area (Å²) in [6.45, 7) is 0.346. The molecule has 1 unspecified atom stereocenters. The number of hydrogen-bond donors (Lipinski definition) is 1. The normalized spacial score (nSPS) is 12.4. The van der Waals surface area contributed by atoms with Crippen LogP contribution < -0.4 is 0 Å². The number of halogens is 3. The van der Waals surface area contributed by atoms with Crippen molar-refractivity contribution in [2.24, 2.45) is 0 Å². The Morgan fingerprint density at radius 2 is 1.95 bits per heavy atom. The van der Waals surface area contributed by atoms with E-state index < -0.39 is 11.9 Å². The molecular formula is C15H13BrClFO2. The molecule has 0 fully saturated rings. The molecule has 0 aliphatic carbocycles. The highest BCUT2D eigenvalue weighted by atomic mass is 79.9. The molecule has 0 aliphatic rings. The molecule has 2 nitrogen and oxygen atoms in total. The highest BCUT2D eigenvalue weighted by Gasteiger charge is 2.20. The van der Waals surface area contributed by atoms with E-state index in [9.17, 15) is 9.50 Å². The third-order valence-electron chi connectivity index (χ3n) is 3.01. The van der Waals surface area contributed by atoms with Gasteiger partial charge in [-0.2, -0.15) is 0 Å². The Balaban J connectivity index is 2.46. The lowest BCUT2D eigenvalue weighted by molar-refractivity contribution is 0.175. The molecule has 1 atom stereocenters. The predicted molar refractivity (Wildman–Crippen MR) is 80.3 cm³/mol. The molecule has 0 amide bonds. The minimum Gasteiger partial charge on any atom is -0.384 e. The highest BCUT2D eigenvalue weighted by molar-refractivity contribution is 9.10. The number of aliphatic hydroxyl groups excluding tert-OH is 1. The number of aliphatic hydroxyl groups is 1. The second-order valence-corrected chi connectivity index (χ2v) is 5.53. The fraction of sp³-hybridized carbons (Fsp3) is 0.200. The van der Waals surface area contributed by atoms with E-state index in [0.717, 1.165) is 5.56 Å². The standard InChI is InChI=1S/C15H13BrClFO2/c1-20-8-9-4-2-3-5-10(9)15(19)11-6-7-12(16)13(17)14(11)18/h2-7,15,19H,8H2,1H3. The van der Waals surface area contributed by atoms with Crippen LogP contribution in [-0.4, -0.2) is 12.2 Å². The fourth-order valence-corrected chi connectivity index (χ4v) is 2.49.